The summed E-state index contributed by atoms with van der Waals surface area (Å²) in [5.74, 6) is -3.45. The summed E-state index contributed by atoms with van der Waals surface area (Å²) in [5, 5.41) is 0. The molecule has 3 N–H and O–H groups in total. The lowest BCUT2D eigenvalue weighted by Gasteiger charge is -2.08. The Hall–Kier alpha value is -1.37. The first-order valence-electron chi connectivity index (χ1n) is 3.99. The van der Waals surface area contributed by atoms with Crippen LogP contribution in [-0.4, -0.2) is 14.2 Å². The molecule has 84 valence electrons. The van der Waals surface area contributed by atoms with E-state index in [1.807, 2.05) is 0 Å². The van der Waals surface area contributed by atoms with Crippen LogP contribution in [0.3, 0.4) is 0 Å². The predicted octanol–water partition coefficient (Wildman–Crippen LogP) is 1.54. The number of nitrogens with two attached hydrogens (primary N) is 1. The number of benzene rings is 1. The fourth-order valence-electron chi connectivity index (χ4n) is 0.948. The molecule has 0 aliphatic heterocycles. The molecule has 0 amide bonds. The molecule has 1 rings (SSSR count). The number of halogens is 2. The molecule has 0 saturated carbocycles. The molecule has 0 aromatic heterocycles. The lowest BCUT2D eigenvalue weighted by Crippen LogP contribution is -2.20. The number of hydrogen-bond donors (Lipinski definition) is 2. The van der Waals surface area contributed by atoms with Crippen molar-refractivity contribution in [3.63, 3.8) is 0 Å². The number of aryl methyl sites for hydroxylation is 1. The first-order valence-corrected chi connectivity index (χ1v) is 5.53. The van der Waals surface area contributed by atoms with Gasteiger partial charge in [0.2, 0.25) is 0 Å². The summed E-state index contributed by atoms with van der Waals surface area (Å²) in [7, 11) is -4.61. The molecule has 1 aromatic rings. The van der Waals surface area contributed by atoms with Crippen LogP contribution in [0.15, 0.2) is 18.2 Å². The molecule has 15 heavy (non-hydrogen) atoms. The van der Waals surface area contributed by atoms with Crippen LogP contribution in [0.4, 0.5) is 20.2 Å². The SMILES string of the molecule is Cc1cc(NS(=O)(=O)C(F)F)ccc1N. The quantitative estimate of drug-likeness (QED) is 0.782. The van der Waals surface area contributed by atoms with Crippen molar-refractivity contribution in [2.75, 3.05) is 10.5 Å². The van der Waals surface area contributed by atoms with Gasteiger partial charge in [0.05, 0.1) is 0 Å². The summed E-state index contributed by atoms with van der Waals surface area (Å²) in [6.07, 6.45) is 0. The highest BCUT2D eigenvalue weighted by molar-refractivity contribution is 7.93. The van der Waals surface area contributed by atoms with Gasteiger partial charge in [0.1, 0.15) is 0 Å². The van der Waals surface area contributed by atoms with Gasteiger partial charge >= 0.3 is 5.76 Å². The van der Waals surface area contributed by atoms with Crippen LogP contribution in [0.5, 0.6) is 0 Å². The molecule has 0 radical (unpaired) electrons. The minimum atomic E-state index is -4.61. The van der Waals surface area contributed by atoms with E-state index in [4.69, 9.17) is 5.73 Å². The fourth-order valence-corrected chi connectivity index (χ4v) is 1.49. The Labute approximate surface area is 86.1 Å². The maximum absolute atomic E-state index is 12.0. The van der Waals surface area contributed by atoms with Crippen LogP contribution >= 0.6 is 0 Å². The summed E-state index contributed by atoms with van der Waals surface area (Å²) >= 11 is 0. The highest BCUT2D eigenvalue weighted by Crippen LogP contribution is 2.19. The second kappa shape index (κ2) is 4.01. The van der Waals surface area contributed by atoms with Crippen molar-refractivity contribution in [3.05, 3.63) is 23.8 Å². The average molecular weight is 236 g/mol. The van der Waals surface area contributed by atoms with E-state index in [9.17, 15) is 17.2 Å². The van der Waals surface area contributed by atoms with Crippen molar-refractivity contribution in [3.8, 4) is 0 Å². The lowest BCUT2D eigenvalue weighted by atomic mass is 10.2. The number of rotatable bonds is 3. The van der Waals surface area contributed by atoms with Crippen molar-refractivity contribution < 1.29 is 17.2 Å². The van der Waals surface area contributed by atoms with Gasteiger partial charge in [0.15, 0.2) is 0 Å². The van der Waals surface area contributed by atoms with Gasteiger partial charge in [0.25, 0.3) is 10.0 Å². The van der Waals surface area contributed by atoms with Crippen molar-refractivity contribution in [1.29, 1.82) is 0 Å². The number of nitrogens with one attached hydrogen (secondary N) is 1. The monoisotopic (exact) mass is 236 g/mol. The van der Waals surface area contributed by atoms with Crippen LogP contribution < -0.4 is 10.5 Å². The zero-order chi connectivity index (χ0) is 11.6. The molecule has 0 atom stereocenters. The third-order valence-corrected chi connectivity index (χ3v) is 2.75. The topological polar surface area (TPSA) is 72.2 Å². The maximum atomic E-state index is 12.0. The third kappa shape index (κ3) is 2.79. The highest BCUT2D eigenvalue weighted by Gasteiger charge is 2.23. The van der Waals surface area contributed by atoms with E-state index >= 15 is 0 Å². The number of hydrogen-bond acceptors (Lipinski definition) is 3. The van der Waals surface area contributed by atoms with Crippen molar-refractivity contribution >= 4 is 21.4 Å². The molecule has 0 heterocycles. The van der Waals surface area contributed by atoms with Crippen molar-refractivity contribution in [1.82, 2.24) is 0 Å². The van der Waals surface area contributed by atoms with E-state index in [0.29, 0.717) is 11.3 Å². The molecule has 7 heteroatoms. The van der Waals surface area contributed by atoms with Gasteiger partial charge in [0, 0.05) is 11.4 Å². The standard InChI is InChI=1S/C8H10F2N2O2S/c1-5-4-6(2-3-7(5)11)12-15(13,14)8(9)10/h2-4,8,12H,11H2,1H3. The first kappa shape index (κ1) is 11.7. The summed E-state index contributed by atoms with van der Waals surface area (Å²) in [6.45, 7) is 1.65. The summed E-state index contributed by atoms with van der Waals surface area (Å²) in [4.78, 5) is 0. The molecule has 0 fully saturated rings. The Morgan fingerprint density at radius 1 is 1.40 bits per heavy atom. The van der Waals surface area contributed by atoms with Gasteiger partial charge in [-0.1, -0.05) is 0 Å². The fraction of sp³-hybridized carbons (Fsp3) is 0.250. The Morgan fingerprint density at radius 2 is 2.00 bits per heavy atom. The molecule has 1 aromatic carbocycles. The number of alkyl halides is 2. The van der Waals surface area contributed by atoms with Crippen LogP contribution in [0, 0.1) is 6.92 Å². The molecule has 0 aliphatic carbocycles. The van der Waals surface area contributed by atoms with Gasteiger partial charge < -0.3 is 5.73 Å². The third-order valence-electron chi connectivity index (χ3n) is 1.76. The maximum Gasteiger partial charge on any atom is 0.355 e. The number of sulfonamides is 1. The largest absolute Gasteiger partial charge is 0.399 e. The first-order chi connectivity index (χ1) is 6.83. The van der Waals surface area contributed by atoms with E-state index in [0.717, 1.165) is 0 Å². The summed E-state index contributed by atoms with van der Waals surface area (Å²) in [5.41, 5.74) is 6.64. The van der Waals surface area contributed by atoms with Gasteiger partial charge in [-0.05, 0) is 30.7 Å². The van der Waals surface area contributed by atoms with E-state index in [1.54, 1.807) is 11.6 Å². The zero-order valence-corrected chi connectivity index (χ0v) is 8.68. The molecule has 0 saturated heterocycles. The van der Waals surface area contributed by atoms with Crippen LogP contribution in [0.2, 0.25) is 0 Å². The average Bonchev–Trinajstić information content (AvgIpc) is 2.10. The van der Waals surface area contributed by atoms with Crippen LogP contribution in [0.1, 0.15) is 5.56 Å². The highest BCUT2D eigenvalue weighted by atomic mass is 32.2. The number of nitrogen functional groups attached to an aromatic ring is 1. The number of anilines is 2. The predicted molar refractivity (Wildman–Crippen MR) is 54.1 cm³/mol. The van der Waals surface area contributed by atoms with Gasteiger partial charge in [-0.25, -0.2) is 8.42 Å². The van der Waals surface area contributed by atoms with E-state index < -0.39 is 15.8 Å². The van der Waals surface area contributed by atoms with Gasteiger partial charge in [-0.2, -0.15) is 8.78 Å². The molecule has 0 spiro atoms. The Morgan fingerprint density at radius 3 is 2.47 bits per heavy atom. The minimum Gasteiger partial charge on any atom is -0.399 e. The zero-order valence-electron chi connectivity index (χ0n) is 7.87. The van der Waals surface area contributed by atoms with Crippen LogP contribution in [0.25, 0.3) is 0 Å². The van der Waals surface area contributed by atoms with E-state index in [1.165, 1.54) is 18.2 Å². The molecule has 4 nitrogen and oxygen atoms in total. The molecular weight excluding hydrogens is 226 g/mol. The van der Waals surface area contributed by atoms with Crippen molar-refractivity contribution in [2.24, 2.45) is 0 Å². The normalized spacial score (nSPS) is 11.7. The van der Waals surface area contributed by atoms with Crippen LogP contribution in [-0.2, 0) is 10.0 Å². The van der Waals surface area contributed by atoms with Gasteiger partial charge in [-0.3, -0.25) is 4.72 Å². The summed E-state index contributed by atoms with van der Waals surface area (Å²) in [6, 6.07) is 4.15. The van der Waals surface area contributed by atoms with Gasteiger partial charge in [-0.15, -0.1) is 0 Å². The van der Waals surface area contributed by atoms with E-state index in [-0.39, 0.29) is 5.69 Å². The second-order valence-electron chi connectivity index (χ2n) is 2.98. The lowest BCUT2D eigenvalue weighted by molar-refractivity contribution is 0.236. The molecular formula is C8H10F2N2O2S. The smallest absolute Gasteiger partial charge is 0.355 e. The minimum absolute atomic E-state index is 0.0713. The molecule has 0 bridgehead atoms. The van der Waals surface area contributed by atoms with Crippen molar-refractivity contribution in [2.45, 2.75) is 12.7 Å². The Kier molecular flexibility index (Phi) is 3.13. The van der Waals surface area contributed by atoms with E-state index in [2.05, 4.69) is 0 Å². The Balaban J connectivity index is 2.96. The summed E-state index contributed by atoms with van der Waals surface area (Å²) < 4.78 is 47.4. The molecule has 0 aliphatic rings. The second-order valence-corrected chi connectivity index (χ2v) is 4.63. The molecule has 0 unspecified atom stereocenters. The Bertz CT molecular complexity index is 460.